The number of ether oxygens (including phenoxy) is 4. The van der Waals surface area contributed by atoms with Crippen LogP contribution >= 0.6 is 50.7 Å². The first-order valence-corrected chi connectivity index (χ1v) is 15.6. The van der Waals surface area contributed by atoms with Crippen LogP contribution in [0.5, 0.6) is 17.2 Å². The number of esters is 1. The number of carbonyl (C=O) groups excluding carboxylic acids is 3. The molecule has 0 fully saturated rings. The van der Waals surface area contributed by atoms with Gasteiger partial charge in [-0.25, -0.2) is 15.0 Å². The Morgan fingerprint density at radius 3 is 2.50 bits per heavy atom. The Bertz CT molecular complexity index is 1690. The Morgan fingerprint density at radius 2 is 1.80 bits per heavy atom. The number of amides is 3. The van der Waals surface area contributed by atoms with Crippen molar-refractivity contribution >= 4 is 74.9 Å². The molecule has 0 unspecified atom stereocenters. The molecule has 15 heteroatoms. The van der Waals surface area contributed by atoms with E-state index in [0.717, 1.165) is 5.56 Å². The van der Waals surface area contributed by atoms with E-state index in [0.29, 0.717) is 42.1 Å². The van der Waals surface area contributed by atoms with Crippen LogP contribution in [0.2, 0.25) is 15.1 Å². The lowest BCUT2D eigenvalue weighted by atomic mass is 9.95. The average molecular weight is 755 g/mol. The van der Waals surface area contributed by atoms with Crippen LogP contribution in [-0.4, -0.2) is 44.4 Å². The molecule has 3 N–H and O–H groups in total. The molecule has 0 aliphatic carbocycles. The van der Waals surface area contributed by atoms with Gasteiger partial charge in [-0.3, -0.25) is 4.79 Å². The van der Waals surface area contributed by atoms with Gasteiger partial charge in [0.25, 0.3) is 5.91 Å². The minimum atomic E-state index is -0.787. The second kappa shape index (κ2) is 16.0. The van der Waals surface area contributed by atoms with Crippen LogP contribution in [0.4, 0.5) is 4.79 Å². The first kappa shape index (κ1) is 34.9. The van der Waals surface area contributed by atoms with Gasteiger partial charge < -0.3 is 29.6 Å². The van der Waals surface area contributed by atoms with Gasteiger partial charge in [-0.1, -0.05) is 46.9 Å². The molecule has 1 atom stereocenters. The number of allylic oxidation sites excluding steroid dienone is 1. The summed E-state index contributed by atoms with van der Waals surface area (Å²) < 4.78 is 22.7. The third-order valence-electron chi connectivity index (χ3n) is 6.43. The third-order valence-corrected chi connectivity index (χ3v) is 8.04. The zero-order valence-electron chi connectivity index (χ0n) is 24.7. The number of benzene rings is 3. The third kappa shape index (κ3) is 8.85. The van der Waals surface area contributed by atoms with Crippen LogP contribution in [0.1, 0.15) is 36.6 Å². The van der Waals surface area contributed by atoms with Gasteiger partial charge in [0.15, 0.2) is 23.9 Å². The SMILES string of the molecule is CCOC(=O)C1=C(C)NC(=O)N[C@H]1c1ccc(OCC(=O)N/N=C\c2cc(Cl)c(OCc3ccc(Cl)c(Cl)c3)c(Br)c2)c(OC)c1. The topological polar surface area (TPSA) is 137 Å². The summed E-state index contributed by atoms with van der Waals surface area (Å²) in [7, 11) is 1.43. The van der Waals surface area contributed by atoms with Crippen molar-refractivity contribution in [2.45, 2.75) is 26.5 Å². The molecule has 3 aromatic carbocycles. The fourth-order valence-electron chi connectivity index (χ4n) is 4.34. The summed E-state index contributed by atoms with van der Waals surface area (Å²) in [6, 6.07) is 12.1. The molecule has 3 aromatic rings. The highest BCUT2D eigenvalue weighted by atomic mass is 79.9. The van der Waals surface area contributed by atoms with Crippen LogP contribution in [0, 0.1) is 0 Å². The predicted octanol–water partition coefficient (Wildman–Crippen LogP) is 6.72. The number of rotatable bonds is 12. The number of hydrogen-bond donors (Lipinski definition) is 3. The molecule has 0 radical (unpaired) electrons. The summed E-state index contributed by atoms with van der Waals surface area (Å²) in [6.45, 7) is 3.32. The van der Waals surface area contributed by atoms with E-state index >= 15 is 0 Å². The highest BCUT2D eigenvalue weighted by Gasteiger charge is 2.32. The second-order valence-electron chi connectivity index (χ2n) is 9.63. The van der Waals surface area contributed by atoms with E-state index in [1.807, 2.05) is 0 Å². The number of carbonyl (C=O) groups is 3. The Labute approximate surface area is 288 Å². The summed E-state index contributed by atoms with van der Waals surface area (Å²) in [5.41, 5.74) is 4.98. The molecule has 242 valence electrons. The lowest BCUT2D eigenvalue weighted by Gasteiger charge is -2.28. The Kier molecular flexibility index (Phi) is 12.2. The molecular weight excluding hydrogens is 727 g/mol. The first-order valence-electron chi connectivity index (χ1n) is 13.6. The van der Waals surface area contributed by atoms with Crippen molar-refractivity contribution in [1.29, 1.82) is 0 Å². The monoisotopic (exact) mass is 752 g/mol. The Hall–Kier alpha value is -3.97. The van der Waals surface area contributed by atoms with Crippen molar-refractivity contribution in [2.75, 3.05) is 20.3 Å². The molecule has 0 aromatic heterocycles. The van der Waals surface area contributed by atoms with Gasteiger partial charge in [-0.2, -0.15) is 5.10 Å². The van der Waals surface area contributed by atoms with Gasteiger partial charge in [-0.15, -0.1) is 0 Å². The van der Waals surface area contributed by atoms with Crippen molar-refractivity contribution in [3.8, 4) is 17.2 Å². The largest absolute Gasteiger partial charge is 0.493 e. The summed E-state index contributed by atoms with van der Waals surface area (Å²) in [5, 5.41) is 10.5. The fraction of sp³-hybridized carbons (Fsp3) is 0.226. The normalized spacial score (nSPS) is 14.4. The van der Waals surface area contributed by atoms with Gasteiger partial charge in [0, 0.05) is 5.70 Å². The van der Waals surface area contributed by atoms with Crippen LogP contribution in [0.3, 0.4) is 0 Å². The molecule has 11 nitrogen and oxygen atoms in total. The summed E-state index contributed by atoms with van der Waals surface area (Å²) in [5.74, 6) is -0.136. The fourth-order valence-corrected chi connectivity index (χ4v) is 5.65. The quantitative estimate of drug-likeness (QED) is 0.106. The van der Waals surface area contributed by atoms with E-state index in [4.69, 9.17) is 53.8 Å². The van der Waals surface area contributed by atoms with Crippen molar-refractivity contribution < 1.29 is 33.3 Å². The van der Waals surface area contributed by atoms with E-state index in [-0.39, 0.29) is 36.9 Å². The maximum atomic E-state index is 12.6. The van der Waals surface area contributed by atoms with Gasteiger partial charge >= 0.3 is 12.0 Å². The number of hydrogen-bond acceptors (Lipinski definition) is 8. The average Bonchev–Trinajstić information content (AvgIpc) is 3.01. The Morgan fingerprint density at radius 1 is 1.02 bits per heavy atom. The molecule has 1 aliphatic heterocycles. The van der Waals surface area contributed by atoms with E-state index < -0.39 is 23.9 Å². The number of nitrogens with one attached hydrogen (secondary N) is 3. The van der Waals surface area contributed by atoms with E-state index in [2.05, 4.69) is 37.1 Å². The van der Waals surface area contributed by atoms with E-state index in [9.17, 15) is 14.4 Å². The van der Waals surface area contributed by atoms with Crippen LogP contribution in [-0.2, 0) is 20.9 Å². The maximum absolute atomic E-state index is 12.6. The van der Waals surface area contributed by atoms with Gasteiger partial charge in [0.05, 0.1) is 51.1 Å². The van der Waals surface area contributed by atoms with Gasteiger partial charge in [-0.05, 0) is 82.9 Å². The molecule has 0 saturated carbocycles. The number of methoxy groups -OCH3 is 1. The summed E-state index contributed by atoms with van der Waals surface area (Å²) >= 11 is 21.9. The van der Waals surface area contributed by atoms with Crippen molar-refractivity contribution in [1.82, 2.24) is 16.1 Å². The zero-order chi connectivity index (χ0) is 33.4. The smallest absolute Gasteiger partial charge is 0.338 e. The maximum Gasteiger partial charge on any atom is 0.338 e. The molecular formula is C31H28BrCl3N4O7. The molecule has 3 amide bonds. The van der Waals surface area contributed by atoms with Crippen molar-refractivity contribution in [3.63, 3.8) is 0 Å². The molecule has 0 bridgehead atoms. The molecule has 0 spiro atoms. The van der Waals surface area contributed by atoms with Crippen molar-refractivity contribution in [3.05, 3.63) is 96.0 Å². The van der Waals surface area contributed by atoms with Gasteiger partial charge in [0.1, 0.15) is 6.61 Å². The van der Waals surface area contributed by atoms with E-state index in [1.165, 1.54) is 13.3 Å². The first-order chi connectivity index (χ1) is 22.0. The summed E-state index contributed by atoms with van der Waals surface area (Å²) in [4.78, 5) is 37.2. The predicted molar refractivity (Wildman–Crippen MR) is 178 cm³/mol. The lowest BCUT2D eigenvalue weighted by Crippen LogP contribution is -2.45. The molecule has 46 heavy (non-hydrogen) atoms. The minimum absolute atomic E-state index is 0.174. The highest BCUT2D eigenvalue weighted by Crippen LogP contribution is 2.36. The minimum Gasteiger partial charge on any atom is -0.493 e. The second-order valence-corrected chi connectivity index (χ2v) is 11.7. The number of urea groups is 1. The standard InChI is InChI=1S/C31H28BrCl3N4O7/c1-4-44-30(41)27-16(2)37-31(42)38-28(27)19-6-8-24(25(12-19)43-3)45-15-26(40)39-36-13-18-9-20(32)29(23(35)11-18)46-14-17-5-7-21(33)22(34)10-17/h5-13,28H,4,14-15H2,1-3H3,(H,39,40)(H2,37,38,42)/b36-13-/t28-/m0/s1. The molecule has 4 rings (SSSR count). The molecule has 0 saturated heterocycles. The lowest BCUT2D eigenvalue weighted by molar-refractivity contribution is -0.139. The summed E-state index contributed by atoms with van der Waals surface area (Å²) in [6.07, 6.45) is 1.41. The number of nitrogens with zero attached hydrogens (tertiary/aromatic N) is 1. The van der Waals surface area contributed by atoms with Crippen LogP contribution in [0.15, 0.2) is 69.4 Å². The van der Waals surface area contributed by atoms with Crippen LogP contribution < -0.4 is 30.3 Å². The number of halogens is 4. The Balaban J connectivity index is 1.35. The zero-order valence-corrected chi connectivity index (χ0v) is 28.6. The van der Waals surface area contributed by atoms with Gasteiger partial charge in [0.2, 0.25) is 0 Å². The number of hydrazone groups is 1. The van der Waals surface area contributed by atoms with Crippen molar-refractivity contribution in [2.24, 2.45) is 5.10 Å². The van der Waals surface area contributed by atoms with Crippen LogP contribution in [0.25, 0.3) is 0 Å². The molecule has 1 aliphatic rings. The van der Waals surface area contributed by atoms with E-state index in [1.54, 1.807) is 62.4 Å². The highest BCUT2D eigenvalue weighted by molar-refractivity contribution is 9.10. The molecule has 1 heterocycles.